The van der Waals surface area contributed by atoms with E-state index in [1.54, 1.807) is 6.08 Å². The second kappa shape index (κ2) is 4.37. The molecule has 0 aromatic rings. The topological polar surface area (TPSA) is 63.6 Å². The Hall–Kier alpha value is -0.970. The third kappa shape index (κ3) is 2.08. The van der Waals surface area contributed by atoms with E-state index < -0.39 is 23.5 Å². The number of rotatable bonds is 4. The monoisotopic (exact) mass is 256 g/mol. The molecule has 2 fully saturated rings. The fourth-order valence-electron chi connectivity index (χ4n) is 2.44. The van der Waals surface area contributed by atoms with Crippen LogP contribution in [0.2, 0.25) is 0 Å². The van der Waals surface area contributed by atoms with Gasteiger partial charge in [0.2, 0.25) is 0 Å². The molecule has 0 amide bonds. The zero-order valence-corrected chi connectivity index (χ0v) is 10.5. The van der Waals surface area contributed by atoms with Gasteiger partial charge in [-0.1, -0.05) is 6.58 Å². The third-order valence-electron chi connectivity index (χ3n) is 3.56. The van der Waals surface area contributed by atoms with Crippen LogP contribution in [-0.2, 0) is 14.3 Å². The number of ether oxygens (including phenoxy) is 1. The maximum atomic E-state index is 11.7. The van der Waals surface area contributed by atoms with Gasteiger partial charge in [-0.15, -0.1) is 0 Å². The molecule has 0 aliphatic carbocycles. The summed E-state index contributed by atoms with van der Waals surface area (Å²) in [6.07, 6.45) is 4.60. The summed E-state index contributed by atoms with van der Waals surface area (Å²) >= 11 is 1.83. The Balaban J connectivity index is 2.08. The third-order valence-corrected chi connectivity index (χ3v) is 5.31. The SMILES string of the molecule is C=CC1(OC(=O)C(C)C(=O)O)CC2CCC1S2. The summed E-state index contributed by atoms with van der Waals surface area (Å²) in [6, 6.07) is 0. The smallest absolute Gasteiger partial charge is 0.320 e. The molecule has 5 heteroatoms. The molecule has 1 N–H and O–H groups in total. The summed E-state index contributed by atoms with van der Waals surface area (Å²) in [5.74, 6) is -2.92. The number of hydrogen-bond acceptors (Lipinski definition) is 4. The van der Waals surface area contributed by atoms with Gasteiger partial charge in [-0.05, 0) is 25.8 Å². The molecule has 2 bridgehead atoms. The summed E-state index contributed by atoms with van der Waals surface area (Å²) in [5, 5.41) is 9.55. The molecule has 0 saturated carbocycles. The van der Waals surface area contributed by atoms with Gasteiger partial charge in [-0.25, -0.2) is 0 Å². The molecule has 17 heavy (non-hydrogen) atoms. The van der Waals surface area contributed by atoms with Gasteiger partial charge >= 0.3 is 11.9 Å². The lowest BCUT2D eigenvalue weighted by Crippen LogP contribution is -2.43. The number of hydrogen-bond donors (Lipinski definition) is 1. The first-order valence-corrected chi connectivity index (χ1v) is 6.67. The summed E-state index contributed by atoms with van der Waals surface area (Å²) in [6.45, 7) is 5.10. The average Bonchev–Trinajstić information content (AvgIpc) is 2.88. The van der Waals surface area contributed by atoms with Gasteiger partial charge in [0.25, 0.3) is 0 Å². The second-order valence-electron chi connectivity index (χ2n) is 4.67. The molecule has 2 aliphatic heterocycles. The van der Waals surface area contributed by atoms with Gasteiger partial charge in [0, 0.05) is 16.9 Å². The highest BCUT2D eigenvalue weighted by Gasteiger charge is 2.53. The van der Waals surface area contributed by atoms with E-state index in [2.05, 4.69) is 6.58 Å². The largest absolute Gasteiger partial charge is 0.481 e. The lowest BCUT2D eigenvalue weighted by Gasteiger charge is -2.33. The molecular formula is C12H16O4S. The number of carboxylic acids is 1. The molecule has 2 heterocycles. The average molecular weight is 256 g/mol. The Morgan fingerprint density at radius 2 is 2.29 bits per heavy atom. The molecule has 4 nitrogen and oxygen atoms in total. The van der Waals surface area contributed by atoms with Crippen molar-refractivity contribution in [3.05, 3.63) is 12.7 Å². The molecule has 4 unspecified atom stereocenters. The Labute approximate surface area is 104 Å². The number of thioether (sulfide) groups is 1. The van der Waals surface area contributed by atoms with Crippen molar-refractivity contribution < 1.29 is 19.4 Å². The standard InChI is InChI=1S/C12H16O4S/c1-3-12(6-8-4-5-9(12)17-8)16-11(15)7(2)10(13)14/h3,7-9H,1,4-6H2,2H3,(H,13,14). The van der Waals surface area contributed by atoms with Crippen molar-refractivity contribution >= 4 is 23.7 Å². The quantitative estimate of drug-likeness (QED) is 0.472. The molecule has 2 aliphatic rings. The summed E-state index contributed by atoms with van der Waals surface area (Å²) in [5.41, 5.74) is -0.644. The molecule has 2 saturated heterocycles. The van der Waals surface area contributed by atoms with Crippen LogP contribution in [0.3, 0.4) is 0 Å². The highest BCUT2D eigenvalue weighted by molar-refractivity contribution is 8.01. The maximum absolute atomic E-state index is 11.7. The number of aliphatic carboxylic acids is 1. The molecule has 2 rings (SSSR count). The van der Waals surface area contributed by atoms with Crippen LogP contribution in [0.1, 0.15) is 26.2 Å². The number of carbonyl (C=O) groups is 2. The van der Waals surface area contributed by atoms with Crippen LogP contribution in [0.25, 0.3) is 0 Å². The molecule has 94 valence electrons. The highest BCUT2D eigenvalue weighted by atomic mass is 32.2. The van der Waals surface area contributed by atoms with Gasteiger partial charge in [-0.3, -0.25) is 9.59 Å². The predicted molar refractivity (Wildman–Crippen MR) is 64.8 cm³/mol. The van der Waals surface area contributed by atoms with Crippen LogP contribution in [0.4, 0.5) is 0 Å². The number of carboxylic acid groups (broad SMARTS) is 1. The lowest BCUT2D eigenvalue weighted by atomic mass is 9.84. The maximum Gasteiger partial charge on any atom is 0.320 e. The van der Waals surface area contributed by atoms with Crippen molar-refractivity contribution in [2.24, 2.45) is 5.92 Å². The molecule has 4 atom stereocenters. The van der Waals surface area contributed by atoms with E-state index in [9.17, 15) is 9.59 Å². The van der Waals surface area contributed by atoms with E-state index in [0.717, 1.165) is 19.3 Å². The van der Waals surface area contributed by atoms with Gasteiger partial charge in [0.05, 0.1) is 0 Å². The Morgan fingerprint density at radius 3 is 2.71 bits per heavy atom. The van der Waals surface area contributed by atoms with Crippen LogP contribution in [0, 0.1) is 5.92 Å². The highest BCUT2D eigenvalue weighted by Crippen LogP contribution is 2.53. The van der Waals surface area contributed by atoms with Gasteiger partial charge in [-0.2, -0.15) is 11.8 Å². The molecule has 0 spiro atoms. The van der Waals surface area contributed by atoms with Crippen LogP contribution >= 0.6 is 11.8 Å². The lowest BCUT2D eigenvalue weighted by molar-refractivity contribution is -0.166. The van der Waals surface area contributed by atoms with E-state index in [1.165, 1.54) is 6.92 Å². The Morgan fingerprint density at radius 1 is 1.59 bits per heavy atom. The Kier molecular flexibility index (Phi) is 3.21. The first-order valence-electron chi connectivity index (χ1n) is 5.73. The molecule has 0 radical (unpaired) electrons. The predicted octanol–water partition coefficient (Wildman–Crippen LogP) is 1.84. The summed E-state index contributed by atoms with van der Waals surface area (Å²) < 4.78 is 5.45. The number of fused-ring (bicyclic) bond motifs is 2. The number of esters is 1. The van der Waals surface area contributed by atoms with Gasteiger partial charge in [0.15, 0.2) is 5.92 Å². The van der Waals surface area contributed by atoms with Crippen molar-refractivity contribution in [1.82, 2.24) is 0 Å². The van der Waals surface area contributed by atoms with Crippen molar-refractivity contribution in [3.8, 4) is 0 Å². The zero-order chi connectivity index (χ0) is 12.6. The Bertz CT molecular complexity index is 368. The zero-order valence-electron chi connectivity index (χ0n) is 9.72. The molecule has 0 aromatic carbocycles. The molecular weight excluding hydrogens is 240 g/mol. The minimum absolute atomic E-state index is 0.245. The van der Waals surface area contributed by atoms with Crippen molar-refractivity contribution in [2.75, 3.05) is 0 Å². The normalized spacial score (nSPS) is 36.5. The van der Waals surface area contributed by atoms with Crippen LogP contribution < -0.4 is 0 Å². The van der Waals surface area contributed by atoms with Gasteiger partial charge in [0.1, 0.15) is 5.60 Å². The van der Waals surface area contributed by atoms with E-state index >= 15 is 0 Å². The van der Waals surface area contributed by atoms with Crippen molar-refractivity contribution in [2.45, 2.75) is 42.3 Å². The van der Waals surface area contributed by atoms with Crippen LogP contribution in [0.5, 0.6) is 0 Å². The summed E-state index contributed by atoms with van der Waals surface area (Å²) in [4.78, 5) is 22.5. The summed E-state index contributed by atoms with van der Waals surface area (Å²) in [7, 11) is 0. The van der Waals surface area contributed by atoms with E-state index in [-0.39, 0.29) is 5.25 Å². The second-order valence-corrected chi connectivity index (χ2v) is 6.18. The number of carbonyl (C=O) groups excluding carboxylic acids is 1. The van der Waals surface area contributed by atoms with Crippen molar-refractivity contribution in [1.29, 1.82) is 0 Å². The minimum atomic E-state index is -1.15. The van der Waals surface area contributed by atoms with Crippen LogP contribution in [0.15, 0.2) is 12.7 Å². The van der Waals surface area contributed by atoms with Crippen molar-refractivity contribution in [3.63, 3.8) is 0 Å². The first-order chi connectivity index (χ1) is 7.98. The van der Waals surface area contributed by atoms with Gasteiger partial charge < -0.3 is 9.84 Å². The fraction of sp³-hybridized carbons (Fsp3) is 0.667. The van der Waals surface area contributed by atoms with E-state index in [4.69, 9.17) is 9.84 Å². The minimum Gasteiger partial charge on any atom is -0.481 e. The molecule has 0 aromatic heterocycles. The van der Waals surface area contributed by atoms with E-state index in [1.807, 2.05) is 11.8 Å². The first kappa shape index (κ1) is 12.5. The van der Waals surface area contributed by atoms with Crippen LogP contribution in [-0.4, -0.2) is 33.1 Å². The van der Waals surface area contributed by atoms with E-state index in [0.29, 0.717) is 5.25 Å². The fourth-order valence-corrected chi connectivity index (χ4v) is 4.28.